The molecule has 0 radical (unpaired) electrons. The molecular formula is C14H10O3S. The maximum Gasteiger partial charge on any atom is 0.235 e. The number of aryl methyl sites for hydroxylation is 1. The number of fused-ring (bicyclic) bond motifs is 1. The number of aromatic hydroxyl groups is 1. The molecule has 0 spiro atoms. The normalized spacial score (nSPS) is 10.9. The van der Waals surface area contributed by atoms with Crippen LogP contribution in [0, 0.1) is 6.92 Å². The summed E-state index contributed by atoms with van der Waals surface area (Å²) in [5, 5.41) is 12.2. The molecule has 0 bridgehead atoms. The molecule has 18 heavy (non-hydrogen) atoms. The van der Waals surface area contributed by atoms with Crippen molar-refractivity contribution in [2.24, 2.45) is 0 Å². The molecular weight excluding hydrogens is 248 g/mol. The third-order valence-electron chi connectivity index (χ3n) is 2.84. The zero-order chi connectivity index (χ0) is 12.7. The van der Waals surface area contributed by atoms with Crippen molar-refractivity contribution in [3.05, 3.63) is 51.5 Å². The highest BCUT2D eigenvalue weighted by atomic mass is 32.1. The maximum atomic E-state index is 12.1. The van der Waals surface area contributed by atoms with Crippen LogP contribution in [0.1, 0.15) is 5.56 Å². The van der Waals surface area contributed by atoms with E-state index in [2.05, 4.69) is 0 Å². The summed E-state index contributed by atoms with van der Waals surface area (Å²) < 4.78 is 5.71. The van der Waals surface area contributed by atoms with E-state index < -0.39 is 0 Å². The Morgan fingerprint density at radius 2 is 2.06 bits per heavy atom. The molecule has 0 unspecified atom stereocenters. The molecule has 4 heteroatoms. The van der Waals surface area contributed by atoms with E-state index in [1.54, 1.807) is 12.1 Å². The van der Waals surface area contributed by atoms with E-state index in [-0.39, 0.29) is 16.9 Å². The van der Waals surface area contributed by atoms with E-state index in [9.17, 15) is 9.90 Å². The van der Waals surface area contributed by atoms with Crippen LogP contribution < -0.4 is 5.43 Å². The van der Waals surface area contributed by atoms with Crippen molar-refractivity contribution in [3.8, 4) is 16.4 Å². The lowest BCUT2D eigenvalue weighted by molar-refractivity contribution is 0.449. The van der Waals surface area contributed by atoms with Crippen molar-refractivity contribution in [2.75, 3.05) is 0 Å². The quantitative estimate of drug-likeness (QED) is 0.726. The highest BCUT2D eigenvalue weighted by molar-refractivity contribution is 7.13. The van der Waals surface area contributed by atoms with Crippen molar-refractivity contribution in [2.45, 2.75) is 6.92 Å². The van der Waals surface area contributed by atoms with Gasteiger partial charge in [-0.1, -0.05) is 18.2 Å². The summed E-state index contributed by atoms with van der Waals surface area (Å²) in [4.78, 5) is 12.8. The van der Waals surface area contributed by atoms with Gasteiger partial charge < -0.3 is 9.52 Å². The second kappa shape index (κ2) is 3.99. The first kappa shape index (κ1) is 11.0. The summed E-state index contributed by atoms with van der Waals surface area (Å²) in [5.74, 6) is -0.0765. The summed E-state index contributed by atoms with van der Waals surface area (Å²) in [6, 6.07) is 8.97. The molecule has 90 valence electrons. The van der Waals surface area contributed by atoms with E-state index in [1.165, 1.54) is 11.3 Å². The van der Waals surface area contributed by atoms with E-state index >= 15 is 0 Å². The van der Waals surface area contributed by atoms with Gasteiger partial charge in [0, 0.05) is 0 Å². The van der Waals surface area contributed by atoms with Crippen LogP contribution in [0.4, 0.5) is 0 Å². The van der Waals surface area contributed by atoms with Gasteiger partial charge in [0.05, 0.1) is 10.3 Å². The Kier molecular flexibility index (Phi) is 2.45. The molecule has 0 saturated carbocycles. The Bertz CT molecular complexity index is 770. The minimum absolute atomic E-state index is 0.247. The fourth-order valence-electron chi connectivity index (χ4n) is 1.92. The van der Waals surface area contributed by atoms with Gasteiger partial charge in [0.15, 0.2) is 5.76 Å². The van der Waals surface area contributed by atoms with Gasteiger partial charge in [-0.05, 0) is 30.0 Å². The first-order valence-electron chi connectivity index (χ1n) is 5.48. The number of para-hydroxylation sites is 1. The van der Waals surface area contributed by atoms with Crippen molar-refractivity contribution in [3.63, 3.8) is 0 Å². The van der Waals surface area contributed by atoms with Gasteiger partial charge in [0.25, 0.3) is 0 Å². The SMILES string of the molecule is Cc1cccc2c(=O)c(O)c(-c3cccs3)oc12. The monoisotopic (exact) mass is 258 g/mol. The van der Waals surface area contributed by atoms with E-state index in [0.29, 0.717) is 11.0 Å². The number of hydrogen-bond donors (Lipinski definition) is 1. The van der Waals surface area contributed by atoms with Crippen LogP contribution in [-0.2, 0) is 0 Å². The fraction of sp³-hybridized carbons (Fsp3) is 0.0714. The number of rotatable bonds is 1. The second-order valence-corrected chi connectivity index (χ2v) is 4.99. The predicted octanol–water partition coefficient (Wildman–Crippen LogP) is 3.54. The molecule has 0 atom stereocenters. The van der Waals surface area contributed by atoms with Crippen LogP contribution >= 0.6 is 11.3 Å². The Balaban J connectivity index is 2.45. The van der Waals surface area contributed by atoms with E-state index in [0.717, 1.165) is 10.4 Å². The number of thiophene rings is 1. The minimum Gasteiger partial charge on any atom is -0.501 e. The molecule has 0 fully saturated rings. The van der Waals surface area contributed by atoms with Gasteiger partial charge in [-0.2, -0.15) is 0 Å². The zero-order valence-electron chi connectivity index (χ0n) is 9.64. The van der Waals surface area contributed by atoms with E-state index in [4.69, 9.17) is 4.42 Å². The smallest absolute Gasteiger partial charge is 0.235 e. The van der Waals surface area contributed by atoms with Crippen LogP contribution in [0.25, 0.3) is 21.6 Å². The van der Waals surface area contributed by atoms with Crippen LogP contribution in [0.15, 0.2) is 44.9 Å². The standard InChI is InChI=1S/C14H10O3S/c1-8-4-2-5-9-11(15)12(16)14(17-13(8)9)10-6-3-7-18-10/h2-7,16H,1H3. The summed E-state index contributed by atoms with van der Waals surface area (Å²) in [7, 11) is 0. The Hall–Kier alpha value is -2.07. The predicted molar refractivity (Wildman–Crippen MR) is 72.2 cm³/mol. The average molecular weight is 258 g/mol. The fourth-order valence-corrected chi connectivity index (χ4v) is 2.63. The van der Waals surface area contributed by atoms with Crippen LogP contribution in [0.2, 0.25) is 0 Å². The molecule has 0 aliphatic rings. The molecule has 0 aliphatic carbocycles. The molecule has 2 heterocycles. The van der Waals surface area contributed by atoms with Gasteiger partial charge in [-0.15, -0.1) is 11.3 Å². The molecule has 3 rings (SSSR count). The third-order valence-corrected chi connectivity index (χ3v) is 3.70. The topological polar surface area (TPSA) is 50.4 Å². The lowest BCUT2D eigenvalue weighted by Gasteiger charge is -2.05. The maximum absolute atomic E-state index is 12.1. The highest BCUT2D eigenvalue weighted by Crippen LogP contribution is 2.33. The van der Waals surface area contributed by atoms with Gasteiger partial charge in [-0.25, -0.2) is 0 Å². The lowest BCUT2D eigenvalue weighted by atomic mass is 10.1. The van der Waals surface area contributed by atoms with Crippen molar-refractivity contribution in [1.29, 1.82) is 0 Å². The molecule has 1 N–H and O–H groups in total. The molecule has 3 aromatic rings. The van der Waals surface area contributed by atoms with Gasteiger partial charge in [-0.3, -0.25) is 4.79 Å². The molecule has 0 amide bonds. The number of benzene rings is 1. The van der Waals surface area contributed by atoms with Crippen molar-refractivity contribution >= 4 is 22.3 Å². The lowest BCUT2D eigenvalue weighted by Crippen LogP contribution is -2.02. The zero-order valence-corrected chi connectivity index (χ0v) is 10.5. The highest BCUT2D eigenvalue weighted by Gasteiger charge is 2.16. The Labute approximate surface area is 107 Å². The van der Waals surface area contributed by atoms with E-state index in [1.807, 2.05) is 30.5 Å². The second-order valence-electron chi connectivity index (χ2n) is 4.04. The van der Waals surface area contributed by atoms with Crippen LogP contribution in [0.5, 0.6) is 5.75 Å². The number of hydrogen-bond acceptors (Lipinski definition) is 4. The molecule has 3 nitrogen and oxygen atoms in total. The Morgan fingerprint density at radius 1 is 1.22 bits per heavy atom. The first-order valence-corrected chi connectivity index (χ1v) is 6.35. The van der Waals surface area contributed by atoms with Gasteiger partial charge in [0.1, 0.15) is 5.58 Å². The van der Waals surface area contributed by atoms with Crippen molar-refractivity contribution in [1.82, 2.24) is 0 Å². The summed E-state index contributed by atoms with van der Waals surface area (Å²) in [6.07, 6.45) is 0. The molecule has 0 aliphatic heterocycles. The third kappa shape index (κ3) is 1.54. The van der Waals surface area contributed by atoms with Crippen LogP contribution in [0.3, 0.4) is 0 Å². The summed E-state index contributed by atoms with van der Waals surface area (Å²) in [5.41, 5.74) is 1.02. The first-order chi connectivity index (χ1) is 8.68. The van der Waals surface area contributed by atoms with Gasteiger partial charge >= 0.3 is 0 Å². The van der Waals surface area contributed by atoms with Crippen LogP contribution in [-0.4, -0.2) is 5.11 Å². The van der Waals surface area contributed by atoms with Crippen molar-refractivity contribution < 1.29 is 9.52 Å². The summed E-state index contributed by atoms with van der Waals surface area (Å²) >= 11 is 1.42. The molecule has 1 aromatic carbocycles. The molecule has 0 saturated heterocycles. The minimum atomic E-state index is -0.386. The Morgan fingerprint density at radius 3 is 2.78 bits per heavy atom. The average Bonchev–Trinajstić information content (AvgIpc) is 2.88. The molecule has 2 aromatic heterocycles. The van der Waals surface area contributed by atoms with Gasteiger partial charge in [0.2, 0.25) is 11.2 Å². The summed E-state index contributed by atoms with van der Waals surface area (Å²) in [6.45, 7) is 1.88. The largest absolute Gasteiger partial charge is 0.501 e.